The van der Waals surface area contributed by atoms with E-state index < -0.39 is 40.0 Å². The molecule has 0 aliphatic heterocycles. The lowest BCUT2D eigenvalue weighted by Crippen LogP contribution is -2.42. The Morgan fingerprint density at radius 1 is 1.00 bits per heavy atom. The summed E-state index contributed by atoms with van der Waals surface area (Å²) < 4.78 is 26.5. The predicted octanol–water partition coefficient (Wildman–Crippen LogP) is -1.06. The number of nitrogens with zero attached hydrogens (tertiary/aromatic N) is 2. The second-order valence-corrected chi connectivity index (χ2v) is 9.89. The number of benzene rings is 1. The van der Waals surface area contributed by atoms with Gasteiger partial charge in [-0.3, -0.25) is 24.4 Å². The molecule has 1 aromatic heterocycles. The van der Waals surface area contributed by atoms with E-state index in [1.54, 1.807) is 55.7 Å². The van der Waals surface area contributed by atoms with Gasteiger partial charge in [-0.2, -0.15) is 0 Å². The van der Waals surface area contributed by atoms with Crippen molar-refractivity contribution >= 4 is 33.9 Å². The number of hydrogen-bond acceptors (Lipinski definition) is 9. The third-order valence-electron chi connectivity index (χ3n) is 4.59. The molecule has 0 amide bonds. The summed E-state index contributed by atoms with van der Waals surface area (Å²) >= 11 is 0. The fourth-order valence-corrected chi connectivity index (χ4v) is 4.11. The Morgan fingerprint density at radius 2 is 1.62 bits per heavy atom. The largest absolute Gasteiger partial charge is 0.480 e. The SMILES string of the molecule is CNCC(=O)O.NC(N)=NCCCC(N)C(=O)O.O=C(O)C(Cc1cccnc1)NS(=O)(=O)Cc1ccccc1. The molecular formula is C24H37N7O8S. The number of nitrogens with one attached hydrogen (secondary N) is 2. The third kappa shape index (κ3) is 19.0. The minimum absolute atomic E-state index is 0.0129. The molecule has 1 heterocycles. The van der Waals surface area contributed by atoms with Crippen LogP contribution in [0.4, 0.5) is 0 Å². The Labute approximate surface area is 232 Å². The van der Waals surface area contributed by atoms with Crippen LogP contribution < -0.4 is 27.2 Å². The summed E-state index contributed by atoms with van der Waals surface area (Å²) in [5, 5.41) is 27.9. The van der Waals surface area contributed by atoms with Gasteiger partial charge in [0.15, 0.2) is 5.96 Å². The number of hydrogen-bond donors (Lipinski definition) is 8. The first-order valence-corrected chi connectivity index (χ1v) is 13.5. The molecule has 0 aliphatic carbocycles. The summed E-state index contributed by atoms with van der Waals surface area (Å²) in [5.41, 5.74) is 16.6. The summed E-state index contributed by atoms with van der Waals surface area (Å²) in [4.78, 5) is 38.6. The van der Waals surface area contributed by atoms with Crippen LogP contribution in [0.15, 0.2) is 59.9 Å². The Morgan fingerprint density at radius 3 is 2.08 bits per heavy atom. The molecular weight excluding hydrogens is 546 g/mol. The smallest absolute Gasteiger partial charge is 0.322 e. The van der Waals surface area contributed by atoms with E-state index in [1.165, 1.54) is 6.20 Å². The van der Waals surface area contributed by atoms with E-state index in [4.69, 9.17) is 27.4 Å². The van der Waals surface area contributed by atoms with Gasteiger partial charge in [-0.15, -0.1) is 0 Å². The molecule has 2 aromatic rings. The molecule has 0 aliphatic rings. The first-order valence-electron chi connectivity index (χ1n) is 11.8. The van der Waals surface area contributed by atoms with E-state index >= 15 is 0 Å². The highest BCUT2D eigenvalue weighted by Gasteiger charge is 2.24. The number of pyridine rings is 1. The van der Waals surface area contributed by atoms with Gasteiger partial charge in [0.1, 0.15) is 12.1 Å². The van der Waals surface area contributed by atoms with Gasteiger partial charge >= 0.3 is 17.9 Å². The van der Waals surface area contributed by atoms with E-state index in [-0.39, 0.29) is 24.7 Å². The summed E-state index contributed by atoms with van der Waals surface area (Å²) in [6.45, 7) is 0.462. The number of carbonyl (C=O) groups is 3. The highest BCUT2D eigenvalue weighted by molar-refractivity contribution is 7.88. The zero-order chi connectivity index (χ0) is 30.6. The van der Waals surface area contributed by atoms with Crippen LogP contribution in [0.3, 0.4) is 0 Å². The number of carboxylic acids is 3. The van der Waals surface area contributed by atoms with Gasteiger partial charge in [0.2, 0.25) is 10.0 Å². The van der Waals surface area contributed by atoms with Crippen molar-refractivity contribution < 1.29 is 38.1 Å². The van der Waals surface area contributed by atoms with Crippen LogP contribution in [-0.4, -0.2) is 84.8 Å². The van der Waals surface area contributed by atoms with Gasteiger partial charge in [-0.1, -0.05) is 36.4 Å². The number of rotatable bonds is 14. The highest BCUT2D eigenvalue weighted by atomic mass is 32.2. The van der Waals surface area contributed by atoms with Gasteiger partial charge in [0.25, 0.3) is 0 Å². The first-order chi connectivity index (χ1) is 18.8. The maximum atomic E-state index is 12.1. The van der Waals surface area contributed by atoms with Crippen LogP contribution in [0.1, 0.15) is 24.0 Å². The van der Waals surface area contributed by atoms with Crippen LogP contribution >= 0.6 is 0 Å². The number of nitrogens with two attached hydrogens (primary N) is 3. The molecule has 0 fully saturated rings. The second-order valence-electron chi connectivity index (χ2n) is 8.14. The van der Waals surface area contributed by atoms with Gasteiger partial charge in [0, 0.05) is 25.4 Å². The second kappa shape index (κ2) is 19.9. The van der Waals surface area contributed by atoms with Gasteiger partial charge in [-0.25, -0.2) is 13.1 Å². The fraction of sp³-hybridized carbons (Fsp3) is 0.375. The molecule has 40 heavy (non-hydrogen) atoms. The molecule has 2 rings (SSSR count). The van der Waals surface area contributed by atoms with E-state index in [1.807, 2.05) is 0 Å². The molecule has 2 unspecified atom stereocenters. The van der Waals surface area contributed by atoms with E-state index in [0.29, 0.717) is 30.5 Å². The minimum Gasteiger partial charge on any atom is -0.480 e. The minimum atomic E-state index is -3.75. The maximum Gasteiger partial charge on any atom is 0.322 e. The number of aromatic nitrogens is 1. The van der Waals surface area contributed by atoms with Crippen LogP contribution in [0.5, 0.6) is 0 Å². The number of guanidine groups is 1. The Balaban J connectivity index is 0.000000709. The molecule has 0 spiro atoms. The van der Waals surface area contributed by atoms with Crippen molar-refractivity contribution in [3.05, 3.63) is 66.0 Å². The normalized spacial score (nSPS) is 11.8. The van der Waals surface area contributed by atoms with Gasteiger partial charge in [-0.05, 0) is 37.1 Å². The molecule has 0 saturated carbocycles. The average Bonchev–Trinajstić information content (AvgIpc) is 2.87. The zero-order valence-corrected chi connectivity index (χ0v) is 22.8. The summed E-state index contributed by atoms with van der Waals surface area (Å²) in [7, 11) is -2.16. The van der Waals surface area contributed by atoms with Crippen molar-refractivity contribution in [2.24, 2.45) is 22.2 Å². The summed E-state index contributed by atoms with van der Waals surface area (Å²) in [6, 6.07) is 9.93. The number of sulfonamides is 1. The highest BCUT2D eigenvalue weighted by Crippen LogP contribution is 2.08. The van der Waals surface area contributed by atoms with Gasteiger partial charge < -0.3 is 37.8 Å². The van der Waals surface area contributed by atoms with Crippen LogP contribution in [0.2, 0.25) is 0 Å². The zero-order valence-electron chi connectivity index (χ0n) is 22.0. The number of aliphatic carboxylic acids is 3. The molecule has 0 saturated heterocycles. The number of likely N-dealkylation sites (N-methyl/N-ethyl adjacent to an activating group) is 1. The maximum absolute atomic E-state index is 12.1. The van der Waals surface area contributed by atoms with E-state index in [2.05, 4.69) is 20.0 Å². The molecule has 0 radical (unpaired) electrons. The quantitative estimate of drug-likeness (QED) is 0.0749. The van der Waals surface area contributed by atoms with Crippen LogP contribution in [0, 0.1) is 0 Å². The molecule has 15 nitrogen and oxygen atoms in total. The molecule has 0 bridgehead atoms. The van der Waals surface area contributed by atoms with Crippen molar-refractivity contribution in [3.63, 3.8) is 0 Å². The molecule has 222 valence electrons. The molecule has 11 N–H and O–H groups in total. The number of aliphatic imine (C=N–C) groups is 1. The predicted molar refractivity (Wildman–Crippen MR) is 149 cm³/mol. The fourth-order valence-electron chi connectivity index (χ4n) is 2.78. The summed E-state index contributed by atoms with van der Waals surface area (Å²) in [5.74, 6) is -3.29. The van der Waals surface area contributed by atoms with Crippen LogP contribution in [0.25, 0.3) is 0 Å². The lowest BCUT2D eigenvalue weighted by molar-refractivity contribution is -0.139. The van der Waals surface area contributed by atoms with Crippen molar-refractivity contribution in [2.75, 3.05) is 20.1 Å². The first kappa shape index (κ1) is 35.9. The molecule has 16 heteroatoms. The van der Waals surface area contributed by atoms with Crippen LogP contribution in [-0.2, 0) is 36.6 Å². The lowest BCUT2D eigenvalue weighted by Gasteiger charge is -2.14. The van der Waals surface area contributed by atoms with Crippen molar-refractivity contribution in [1.82, 2.24) is 15.0 Å². The van der Waals surface area contributed by atoms with Crippen molar-refractivity contribution in [2.45, 2.75) is 37.1 Å². The van der Waals surface area contributed by atoms with E-state index in [0.717, 1.165) is 0 Å². The van der Waals surface area contributed by atoms with Crippen molar-refractivity contribution in [3.8, 4) is 0 Å². The Bertz CT molecular complexity index is 1160. The Kier molecular flexibility index (Phi) is 17.8. The average molecular weight is 584 g/mol. The van der Waals surface area contributed by atoms with Crippen molar-refractivity contribution in [1.29, 1.82) is 0 Å². The third-order valence-corrected chi connectivity index (χ3v) is 5.95. The standard InChI is InChI=1S/C15H16N2O4S.C6H14N4O2.C3H7NO2/c18-15(19)14(9-13-7-4-8-16-10-13)17-22(20,21)11-12-5-2-1-3-6-12;7-4(5(11)12)2-1-3-10-6(8)9;1-4-2-3(5)6/h1-8,10,14,17H,9,11H2,(H,18,19);4H,1-3,7H2,(H,11,12)(H4,8,9,10);4H,2H2,1H3,(H,5,6). The number of carboxylic acid groups (broad SMARTS) is 3. The van der Waals surface area contributed by atoms with Gasteiger partial charge in [0.05, 0.1) is 12.3 Å². The van der Waals surface area contributed by atoms with E-state index in [9.17, 15) is 27.9 Å². The topological polar surface area (TPSA) is 273 Å². The molecule has 1 aromatic carbocycles. The monoisotopic (exact) mass is 583 g/mol. The summed E-state index contributed by atoms with van der Waals surface area (Å²) in [6.07, 6.45) is 4.08. The molecule has 2 atom stereocenters. The Hall–Kier alpha value is -4.12. The lowest BCUT2D eigenvalue weighted by atomic mass is 10.1.